The molecule has 2 aromatic rings. The molecule has 1 aromatic heterocycles. The highest BCUT2D eigenvalue weighted by Crippen LogP contribution is 2.39. The zero-order chi connectivity index (χ0) is 28.8. The van der Waals surface area contributed by atoms with Crippen LogP contribution in [0.4, 0.5) is 4.79 Å². The Morgan fingerprint density at radius 1 is 0.923 bits per heavy atom. The van der Waals surface area contributed by atoms with Crippen molar-refractivity contribution in [3.63, 3.8) is 0 Å². The molecule has 2 rings (SSSR count). The number of rotatable bonds is 9. The molecule has 0 fully saturated rings. The molecule has 0 saturated heterocycles. The van der Waals surface area contributed by atoms with Gasteiger partial charge >= 0.3 is 12.1 Å². The summed E-state index contributed by atoms with van der Waals surface area (Å²) in [6, 6.07) is 3.50. The van der Waals surface area contributed by atoms with Gasteiger partial charge in [0.2, 0.25) is 12.4 Å². The fourth-order valence-corrected chi connectivity index (χ4v) is 4.14. The maximum absolute atomic E-state index is 13.6. The van der Waals surface area contributed by atoms with Crippen LogP contribution in [0.15, 0.2) is 29.5 Å². The first-order valence-electron chi connectivity index (χ1n) is 13.1. The van der Waals surface area contributed by atoms with Gasteiger partial charge < -0.3 is 23.7 Å². The van der Waals surface area contributed by atoms with Crippen LogP contribution in [-0.2, 0) is 38.2 Å². The van der Waals surface area contributed by atoms with Crippen molar-refractivity contribution in [1.29, 1.82) is 0 Å². The van der Waals surface area contributed by atoms with Gasteiger partial charge in [-0.25, -0.2) is 4.79 Å². The normalized spacial score (nSPS) is 12.3. The second-order valence-corrected chi connectivity index (χ2v) is 11.7. The van der Waals surface area contributed by atoms with Gasteiger partial charge in [0.05, 0.1) is 6.54 Å². The molecule has 0 bridgehead atoms. The molecule has 0 radical (unpaired) electrons. The third kappa shape index (κ3) is 9.37. The fraction of sp³-hybridized carbons (Fsp3) is 0.586. The Bertz CT molecular complexity index is 1190. The molecule has 218 valence electrons. The maximum Gasteiger partial charge on any atom is 0.439 e. The summed E-state index contributed by atoms with van der Waals surface area (Å²) in [6.07, 6.45) is 4.48. The Balaban J connectivity index is 0.00000760. The Hall–Kier alpha value is -2.88. The van der Waals surface area contributed by atoms with Crippen LogP contribution in [0, 0.1) is 5.92 Å². The Kier molecular flexibility index (Phi) is 12.2. The highest BCUT2D eigenvalue weighted by Gasteiger charge is 2.28. The maximum atomic E-state index is 13.6. The smallest absolute Gasteiger partial charge is 0.439 e. The summed E-state index contributed by atoms with van der Waals surface area (Å²) in [5.41, 5.74) is 1.38. The van der Waals surface area contributed by atoms with Crippen LogP contribution >= 0.6 is 17.0 Å². The van der Waals surface area contributed by atoms with Crippen molar-refractivity contribution in [3.8, 4) is 5.75 Å². The number of hydrogen-bond donors (Lipinski definition) is 1. The molecule has 9 nitrogen and oxygen atoms in total. The second kappa shape index (κ2) is 14.0. The van der Waals surface area contributed by atoms with Crippen LogP contribution in [0.25, 0.3) is 0 Å². The Morgan fingerprint density at radius 2 is 1.44 bits per heavy atom. The lowest BCUT2D eigenvalue weighted by atomic mass is 9.78. The standard InChI is InChI=1S/C29H43N3O6.BrH/c1-10-20(11-2)16-31-12-13-32(26(31)30-27(36)38-18-37-19(3)33)17-24(34)21-14-22(28(4,5)6)25(35)23(15-21)29(7,8)9;/h12-15,20,35H,10-11,16-18H2,1-9H3;1H/b30-26-;. The number of amides is 1. The molecule has 0 atom stereocenters. The molecule has 0 unspecified atom stereocenters. The summed E-state index contributed by atoms with van der Waals surface area (Å²) in [4.78, 5) is 41.1. The quantitative estimate of drug-likeness (QED) is 0.210. The third-order valence-electron chi connectivity index (χ3n) is 6.55. The molecular formula is C29H44BrN3O6. The molecule has 0 saturated carbocycles. The van der Waals surface area contributed by atoms with Gasteiger partial charge in [-0.05, 0) is 28.9 Å². The number of phenols is 1. The van der Waals surface area contributed by atoms with E-state index >= 15 is 0 Å². The van der Waals surface area contributed by atoms with Gasteiger partial charge in [-0.2, -0.15) is 0 Å². The van der Waals surface area contributed by atoms with Crippen LogP contribution in [0.1, 0.15) is 96.6 Å². The summed E-state index contributed by atoms with van der Waals surface area (Å²) in [5.74, 6) is -0.195. The zero-order valence-electron chi connectivity index (χ0n) is 24.7. The number of ketones is 1. The van der Waals surface area contributed by atoms with Crippen LogP contribution < -0.4 is 5.62 Å². The lowest BCUT2D eigenvalue weighted by molar-refractivity contribution is -0.148. The van der Waals surface area contributed by atoms with Crippen molar-refractivity contribution in [1.82, 2.24) is 9.13 Å². The van der Waals surface area contributed by atoms with Crippen molar-refractivity contribution < 1.29 is 29.0 Å². The van der Waals surface area contributed by atoms with Crippen LogP contribution in [0.5, 0.6) is 5.75 Å². The largest absolute Gasteiger partial charge is 0.507 e. The third-order valence-corrected chi connectivity index (χ3v) is 6.55. The number of ether oxygens (including phenoxy) is 2. The molecule has 1 amide bonds. The molecule has 10 heteroatoms. The lowest BCUT2D eigenvalue weighted by Gasteiger charge is -2.28. The monoisotopic (exact) mass is 609 g/mol. The van der Waals surface area contributed by atoms with Gasteiger partial charge in [0.15, 0.2) is 5.78 Å². The second-order valence-electron chi connectivity index (χ2n) is 11.7. The average molecular weight is 611 g/mol. The molecule has 0 aliphatic heterocycles. The van der Waals surface area contributed by atoms with Crippen molar-refractivity contribution >= 4 is 34.8 Å². The highest BCUT2D eigenvalue weighted by molar-refractivity contribution is 8.93. The van der Waals surface area contributed by atoms with Crippen molar-refractivity contribution in [2.24, 2.45) is 10.9 Å². The van der Waals surface area contributed by atoms with Gasteiger partial charge in [-0.1, -0.05) is 68.2 Å². The first kappa shape index (κ1) is 34.1. The van der Waals surface area contributed by atoms with E-state index < -0.39 is 18.9 Å². The van der Waals surface area contributed by atoms with Crippen LogP contribution in [0.3, 0.4) is 0 Å². The highest BCUT2D eigenvalue weighted by atomic mass is 79.9. The van der Waals surface area contributed by atoms with E-state index in [0.717, 1.165) is 12.8 Å². The topological polar surface area (TPSA) is 112 Å². The van der Waals surface area contributed by atoms with E-state index in [1.807, 2.05) is 46.1 Å². The van der Waals surface area contributed by atoms with E-state index in [-0.39, 0.29) is 51.5 Å². The molecular weight excluding hydrogens is 566 g/mol. The molecule has 0 spiro atoms. The number of carbonyl (C=O) groups is 3. The fourth-order valence-electron chi connectivity index (χ4n) is 4.14. The number of aromatic hydroxyl groups is 1. The average Bonchev–Trinajstić information content (AvgIpc) is 3.16. The number of imidazole rings is 1. The summed E-state index contributed by atoms with van der Waals surface area (Å²) < 4.78 is 13.0. The number of carbonyl (C=O) groups excluding carboxylic acids is 3. The predicted octanol–water partition coefficient (Wildman–Crippen LogP) is 6.05. The van der Waals surface area contributed by atoms with E-state index in [1.54, 1.807) is 29.1 Å². The van der Waals surface area contributed by atoms with Crippen molar-refractivity contribution in [2.75, 3.05) is 6.79 Å². The number of esters is 1. The minimum Gasteiger partial charge on any atom is -0.507 e. The molecule has 0 aliphatic rings. The number of Topliss-reactive ketones (excluding diaryl/α,β-unsaturated/α-hetero) is 1. The van der Waals surface area contributed by atoms with Crippen molar-refractivity contribution in [3.05, 3.63) is 46.8 Å². The minimum atomic E-state index is -0.924. The van der Waals surface area contributed by atoms with Gasteiger partial charge in [0, 0.05) is 42.6 Å². The number of halogens is 1. The van der Waals surface area contributed by atoms with Gasteiger partial charge in [0.25, 0.3) is 0 Å². The number of aromatic nitrogens is 2. The Labute approximate surface area is 242 Å². The van der Waals surface area contributed by atoms with Crippen LogP contribution in [0.2, 0.25) is 0 Å². The van der Waals surface area contributed by atoms with Gasteiger partial charge in [-0.15, -0.1) is 22.0 Å². The number of benzene rings is 1. The first-order chi connectivity index (χ1) is 17.6. The van der Waals surface area contributed by atoms with E-state index in [9.17, 15) is 19.5 Å². The lowest BCUT2D eigenvalue weighted by Crippen LogP contribution is -2.31. The summed E-state index contributed by atoms with van der Waals surface area (Å²) in [7, 11) is 0. The summed E-state index contributed by atoms with van der Waals surface area (Å²) >= 11 is 0. The number of nitrogens with zero attached hydrogens (tertiary/aromatic N) is 3. The van der Waals surface area contributed by atoms with Gasteiger partial charge in [-0.3, -0.25) is 9.59 Å². The zero-order valence-corrected chi connectivity index (χ0v) is 26.4. The van der Waals surface area contributed by atoms with E-state index in [0.29, 0.717) is 29.2 Å². The SMILES string of the molecule is Br.CCC(CC)Cn1ccn(CC(=O)c2cc(C(C)(C)C)c(O)c(C(C)(C)C)c2)/c1=N\C(=O)OCOC(C)=O. The molecule has 0 aliphatic carbocycles. The van der Waals surface area contributed by atoms with E-state index in [1.165, 1.54) is 6.92 Å². The van der Waals surface area contributed by atoms with Crippen LogP contribution in [-0.4, -0.2) is 38.9 Å². The summed E-state index contributed by atoms with van der Waals surface area (Å²) in [6.45, 7) is 17.4. The first-order valence-corrected chi connectivity index (χ1v) is 13.1. The molecule has 1 heterocycles. The summed E-state index contributed by atoms with van der Waals surface area (Å²) in [5, 5.41) is 11.0. The minimum absolute atomic E-state index is 0. The predicted molar refractivity (Wildman–Crippen MR) is 155 cm³/mol. The molecule has 39 heavy (non-hydrogen) atoms. The van der Waals surface area contributed by atoms with Crippen molar-refractivity contribution in [2.45, 2.75) is 99.1 Å². The molecule has 1 N–H and O–H groups in total. The van der Waals surface area contributed by atoms with E-state index in [4.69, 9.17) is 4.74 Å². The Morgan fingerprint density at radius 3 is 1.90 bits per heavy atom. The molecule has 1 aromatic carbocycles. The van der Waals surface area contributed by atoms with E-state index in [2.05, 4.69) is 23.6 Å². The van der Waals surface area contributed by atoms with Gasteiger partial charge in [0.1, 0.15) is 5.75 Å². The number of hydrogen-bond acceptors (Lipinski definition) is 6. The number of phenolic OH excluding ortho intramolecular Hbond substituents is 1.